The number of rotatable bonds is 4. The molecule has 0 aromatic carbocycles. The van der Waals surface area contributed by atoms with E-state index in [2.05, 4.69) is 4.98 Å². The monoisotopic (exact) mass is 296 g/mol. The lowest BCUT2D eigenvalue weighted by atomic mass is 10.1. The number of hydrogen-bond donors (Lipinski definition) is 0. The molecule has 0 saturated carbocycles. The van der Waals surface area contributed by atoms with Gasteiger partial charge >= 0.3 is 0 Å². The summed E-state index contributed by atoms with van der Waals surface area (Å²) in [5.41, 5.74) is 1.38. The maximum atomic E-state index is 12.5. The SMILES string of the molecule is CCCN(C(=O)c1ccc(C)nc1)C1CCS(=O)(=O)C1. The average Bonchev–Trinajstić information content (AvgIpc) is 2.76. The van der Waals surface area contributed by atoms with E-state index in [9.17, 15) is 13.2 Å². The maximum Gasteiger partial charge on any atom is 0.255 e. The van der Waals surface area contributed by atoms with E-state index in [0.29, 0.717) is 18.5 Å². The first-order chi connectivity index (χ1) is 9.43. The summed E-state index contributed by atoms with van der Waals surface area (Å²) in [5, 5.41) is 0. The van der Waals surface area contributed by atoms with Crippen LogP contribution >= 0.6 is 0 Å². The molecule has 1 fully saturated rings. The van der Waals surface area contributed by atoms with Crippen LogP contribution in [0.15, 0.2) is 18.3 Å². The van der Waals surface area contributed by atoms with Gasteiger partial charge < -0.3 is 4.90 Å². The number of aryl methyl sites for hydroxylation is 1. The molecule has 1 aromatic rings. The largest absolute Gasteiger partial charge is 0.335 e. The van der Waals surface area contributed by atoms with Crippen molar-refractivity contribution in [3.8, 4) is 0 Å². The zero-order chi connectivity index (χ0) is 14.8. The van der Waals surface area contributed by atoms with Gasteiger partial charge in [0, 0.05) is 24.5 Å². The average molecular weight is 296 g/mol. The van der Waals surface area contributed by atoms with Crippen LogP contribution < -0.4 is 0 Å². The molecule has 1 aliphatic rings. The van der Waals surface area contributed by atoms with Crippen molar-refractivity contribution in [1.82, 2.24) is 9.88 Å². The summed E-state index contributed by atoms with van der Waals surface area (Å²) in [6, 6.07) is 3.34. The van der Waals surface area contributed by atoms with Crippen LogP contribution in [0.5, 0.6) is 0 Å². The van der Waals surface area contributed by atoms with Gasteiger partial charge in [-0.15, -0.1) is 0 Å². The molecular weight excluding hydrogens is 276 g/mol. The van der Waals surface area contributed by atoms with Crippen molar-refractivity contribution in [2.75, 3.05) is 18.1 Å². The van der Waals surface area contributed by atoms with Gasteiger partial charge in [-0.1, -0.05) is 6.92 Å². The highest BCUT2D eigenvalue weighted by atomic mass is 32.2. The minimum Gasteiger partial charge on any atom is -0.335 e. The highest BCUT2D eigenvalue weighted by molar-refractivity contribution is 7.91. The summed E-state index contributed by atoms with van der Waals surface area (Å²) < 4.78 is 23.2. The zero-order valence-electron chi connectivity index (χ0n) is 11.9. The first-order valence-electron chi connectivity index (χ1n) is 6.87. The van der Waals surface area contributed by atoms with Crippen molar-refractivity contribution in [3.05, 3.63) is 29.6 Å². The fourth-order valence-electron chi connectivity index (χ4n) is 2.47. The maximum absolute atomic E-state index is 12.5. The van der Waals surface area contributed by atoms with E-state index in [4.69, 9.17) is 0 Å². The van der Waals surface area contributed by atoms with Crippen LogP contribution in [0, 0.1) is 6.92 Å². The number of sulfone groups is 1. The molecule has 6 heteroatoms. The first-order valence-corrected chi connectivity index (χ1v) is 8.69. The molecule has 0 N–H and O–H groups in total. The molecule has 1 atom stereocenters. The smallest absolute Gasteiger partial charge is 0.255 e. The molecule has 0 bridgehead atoms. The predicted molar refractivity (Wildman–Crippen MR) is 77.4 cm³/mol. The standard InChI is InChI=1S/C14H20N2O3S/c1-3-7-16(13-6-8-20(18,19)10-13)14(17)12-5-4-11(2)15-9-12/h4-5,9,13H,3,6-8,10H2,1-2H3. The molecule has 110 valence electrons. The van der Waals surface area contributed by atoms with E-state index >= 15 is 0 Å². The Morgan fingerprint density at radius 1 is 1.45 bits per heavy atom. The Balaban J connectivity index is 2.20. The molecule has 2 heterocycles. The number of carbonyl (C=O) groups is 1. The van der Waals surface area contributed by atoms with Gasteiger partial charge in [-0.3, -0.25) is 9.78 Å². The summed E-state index contributed by atoms with van der Waals surface area (Å²) in [4.78, 5) is 18.4. The highest BCUT2D eigenvalue weighted by Gasteiger charge is 2.34. The summed E-state index contributed by atoms with van der Waals surface area (Å²) in [7, 11) is -2.99. The molecule has 0 aliphatic carbocycles. The van der Waals surface area contributed by atoms with Crippen molar-refractivity contribution in [2.45, 2.75) is 32.7 Å². The normalized spacial score (nSPS) is 20.8. The van der Waals surface area contributed by atoms with Gasteiger partial charge in [-0.05, 0) is 31.9 Å². The molecule has 1 aromatic heterocycles. The van der Waals surface area contributed by atoms with Crippen molar-refractivity contribution in [2.24, 2.45) is 0 Å². The summed E-state index contributed by atoms with van der Waals surface area (Å²) in [6.07, 6.45) is 2.90. The quantitative estimate of drug-likeness (QED) is 0.843. The van der Waals surface area contributed by atoms with Gasteiger partial charge in [0.15, 0.2) is 9.84 Å². The third kappa shape index (κ3) is 3.36. The molecule has 2 rings (SSSR count). The summed E-state index contributed by atoms with van der Waals surface area (Å²) in [5.74, 6) is 0.136. The van der Waals surface area contributed by atoms with E-state index in [1.165, 1.54) is 0 Å². The number of pyridine rings is 1. The lowest BCUT2D eigenvalue weighted by molar-refractivity contribution is 0.0696. The predicted octanol–water partition coefficient (Wildman–Crippen LogP) is 1.43. The molecular formula is C14H20N2O3S. The Kier molecular flexibility index (Phi) is 4.42. The third-order valence-corrected chi connectivity index (χ3v) is 5.28. The fraction of sp³-hybridized carbons (Fsp3) is 0.571. The van der Waals surface area contributed by atoms with E-state index in [1.807, 2.05) is 13.8 Å². The Morgan fingerprint density at radius 2 is 2.20 bits per heavy atom. The molecule has 20 heavy (non-hydrogen) atoms. The van der Waals surface area contributed by atoms with Gasteiger partial charge in [0.2, 0.25) is 0 Å². The van der Waals surface area contributed by atoms with Gasteiger partial charge in [0.05, 0.1) is 17.1 Å². The van der Waals surface area contributed by atoms with Crippen LogP contribution in [0.1, 0.15) is 35.8 Å². The van der Waals surface area contributed by atoms with Crippen LogP contribution in [-0.4, -0.2) is 48.3 Å². The highest BCUT2D eigenvalue weighted by Crippen LogP contribution is 2.20. The molecule has 1 aliphatic heterocycles. The van der Waals surface area contributed by atoms with Crippen molar-refractivity contribution in [1.29, 1.82) is 0 Å². The van der Waals surface area contributed by atoms with E-state index in [0.717, 1.165) is 12.1 Å². The van der Waals surface area contributed by atoms with Crippen molar-refractivity contribution in [3.63, 3.8) is 0 Å². The first kappa shape index (κ1) is 15.0. The second kappa shape index (κ2) is 5.91. The Labute approximate surface area is 119 Å². The van der Waals surface area contributed by atoms with Crippen LogP contribution in [0.3, 0.4) is 0 Å². The molecule has 5 nitrogen and oxygen atoms in total. The molecule has 1 saturated heterocycles. The molecule has 1 amide bonds. The minimum atomic E-state index is -2.99. The molecule has 0 radical (unpaired) electrons. The fourth-order valence-corrected chi connectivity index (χ4v) is 4.20. The number of hydrogen-bond acceptors (Lipinski definition) is 4. The number of amides is 1. The lowest BCUT2D eigenvalue weighted by Gasteiger charge is -2.27. The second-order valence-corrected chi connectivity index (χ2v) is 7.47. The van der Waals surface area contributed by atoms with Gasteiger partial charge in [-0.25, -0.2) is 8.42 Å². The topological polar surface area (TPSA) is 67.3 Å². The number of carbonyl (C=O) groups excluding carboxylic acids is 1. The summed E-state index contributed by atoms with van der Waals surface area (Å²) in [6.45, 7) is 4.42. The van der Waals surface area contributed by atoms with Gasteiger partial charge in [0.1, 0.15) is 0 Å². The minimum absolute atomic E-state index is 0.0814. The van der Waals surface area contributed by atoms with Crippen LogP contribution in [0.4, 0.5) is 0 Å². The Morgan fingerprint density at radius 3 is 2.70 bits per heavy atom. The van der Waals surface area contributed by atoms with E-state index in [1.54, 1.807) is 23.2 Å². The number of aromatic nitrogens is 1. The zero-order valence-corrected chi connectivity index (χ0v) is 12.7. The van der Waals surface area contributed by atoms with E-state index < -0.39 is 9.84 Å². The van der Waals surface area contributed by atoms with E-state index in [-0.39, 0.29) is 23.5 Å². The van der Waals surface area contributed by atoms with Crippen molar-refractivity contribution >= 4 is 15.7 Å². The Bertz CT molecular complexity index is 581. The van der Waals surface area contributed by atoms with Gasteiger partial charge in [0.25, 0.3) is 5.91 Å². The van der Waals surface area contributed by atoms with Crippen LogP contribution in [-0.2, 0) is 9.84 Å². The second-order valence-electron chi connectivity index (χ2n) is 5.24. The molecule has 1 unspecified atom stereocenters. The Hall–Kier alpha value is -1.43. The third-order valence-electron chi connectivity index (χ3n) is 3.53. The lowest BCUT2D eigenvalue weighted by Crippen LogP contribution is -2.41. The van der Waals surface area contributed by atoms with Crippen LogP contribution in [0.25, 0.3) is 0 Å². The van der Waals surface area contributed by atoms with Crippen molar-refractivity contribution < 1.29 is 13.2 Å². The number of nitrogens with zero attached hydrogens (tertiary/aromatic N) is 2. The van der Waals surface area contributed by atoms with Gasteiger partial charge in [-0.2, -0.15) is 0 Å². The van der Waals surface area contributed by atoms with Crippen LogP contribution in [0.2, 0.25) is 0 Å². The summed E-state index contributed by atoms with van der Waals surface area (Å²) >= 11 is 0. The molecule has 0 spiro atoms.